The molecule has 47 heavy (non-hydrogen) atoms. The maximum absolute atomic E-state index is 13.2. The number of nitrogens with zero attached hydrogens (tertiary/aromatic N) is 1. The highest BCUT2D eigenvalue weighted by Gasteiger charge is 2.29. The van der Waals surface area contributed by atoms with Crippen molar-refractivity contribution in [2.75, 3.05) is 18.4 Å². The standard InChI is InChI=1S/C32H44N6O9/c1-19(2)16-23(17-25(40)13-15-38-27(41)11-12-28(38)42)30(44)35-20(3)29(43)37-26(6-5-14-34-32(33)46)31(45)36-24-9-7-22(8-10-24)18-47-21(4)39/h7-12,19-20,23,26H,5-6,13-18H2,1-4H3,(H,35,44)(H,36,45)(H,37,43)(H3,33,34,46)/t20-,23-,26-/m0/s1. The number of carbonyl (C=O) groups is 8. The van der Waals surface area contributed by atoms with E-state index in [0.29, 0.717) is 24.1 Å². The SMILES string of the molecule is CC(=O)OCc1ccc(NC(=O)[C@H](CCCNC(N)=O)NC(=O)[C@H](C)NC(=O)[C@H](CC(=O)CCN2C(=O)C=CC2=O)CC(C)C)cc1. The highest BCUT2D eigenvalue weighted by atomic mass is 16.5. The van der Waals surface area contributed by atoms with Gasteiger partial charge in [0.05, 0.1) is 0 Å². The first-order valence-corrected chi connectivity index (χ1v) is 15.4. The second-order valence-electron chi connectivity index (χ2n) is 11.7. The van der Waals surface area contributed by atoms with Crippen LogP contribution in [0.4, 0.5) is 10.5 Å². The predicted molar refractivity (Wildman–Crippen MR) is 170 cm³/mol. The molecule has 7 amide bonds. The summed E-state index contributed by atoms with van der Waals surface area (Å²) in [5.41, 5.74) is 6.24. The number of amides is 7. The summed E-state index contributed by atoms with van der Waals surface area (Å²) in [4.78, 5) is 98.9. The van der Waals surface area contributed by atoms with E-state index in [-0.39, 0.29) is 50.7 Å². The van der Waals surface area contributed by atoms with Gasteiger partial charge >= 0.3 is 12.0 Å². The summed E-state index contributed by atoms with van der Waals surface area (Å²) in [6, 6.07) is 3.71. The van der Waals surface area contributed by atoms with E-state index in [2.05, 4.69) is 21.3 Å². The van der Waals surface area contributed by atoms with E-state index in [1.165, 1.54) is 13.8 Å². The van der Waals surface area contributed by atoms with Gasteiger partial charge in [-0.3, -0.25) is 38.5 Å². The first-order chi connectivity index (χ1) is 22.2. The lowest BCUT2D eigenvalue weighted by Crippen LogP contribution is -2.52. The van der Waals surface area contributed by atoms with Gasteiger partial charge in [-0.15, -0.1) is 0 Å². The second kappa shape index (κ2) is 18.8. The molecule has 0 aromatic heterocycles. The smallest absolute Gasteiger partial charge is 0.312 e. The van der Waals surface area contributed by atoms with Crippen molar-refractivity contribution >= 4 is 53.0 Å². The highest BCUT2D eigenvalue weighted by molar-refractivity contribution is 6.13. The molecule has 0 unspecified atom stereocenters. The topological polar surface area (TPSA) is 223 Å². The molecule has 1 aromatic carbocycles. The third-order valence-electron chi connectivity index (χ3n) is 7.13. The summed E-state index contributed by atoms with van der Waals surface area (Å²) >= 11 is 0. The summed E-state index contributed by atoms with van der Waals surface area (Å²) < 4.78 is 4.96. The minimum absolute atomic E-state index is 0.0476. The number of ether oxygens (including phenoxy) is 1. The van der Waals surface area contributed by atoms with E-state index in [4.69, 9.17) is 10.5 Å². The molecule has 2 rings (SSSR count). The van der Waals surface area contributed by atoms with Crippen LogP contribution in [0.25, 0.3) is 0 Å². The molecular formula is C32H44N6O9. The molecule has 1 aliphatic heterocycles. The number of primary amides is 1. The Labute approximate surface area is 273 Å². The number of imide groups is 1. The molecular weight excluding hydrogens is 612 g/mol. The van der Waals surface area contributed by atoms with Gasteiger partial charge in [-0.1, -0.05) is 26.0 Å². The fourth-order valence-electron chi connectivity index (χ4n) is 4.70. The first kappa shape index (κ1) is 38.1. The van der Waals surface area contributed by atoms with Gasteiger partial charge in [-0.05, 0) is 49.8 Å². The molecule has 256 valence electrons. The summed E-state index contributed by atoms with van der Waals surface area (Å²) in [5, 5.41) is 10.4. The number of benzene rings is 1. The Bertz CT molecular complexity index is 1340. The molecule has 0 bridgehead atoms. The quantitative estimate of drug-likeness (QED) is 0.0815. The van der Waals surface area contributed by atoms with E-state index < -0.39 is 59.5 Å². The molecule has 0 aliphatic carbocycles. The van der Waals surface area contributed by atoms with Crippen LogP contribution in [0.5, 0.6) is 0 Å². The van der Waals surface area contributed by atoms with Crippen LogP contribution in [0.2, 0.25) is 0 Å². The second-order valence-corrected chi connectivity index (χ2v) is 11.7. The summed E-state index contributed by atoms with van der Waals surface area (Å²) in [6.45, 7) is 6.66. The Balaban J connectivity index is 2.02. The van der Waals surface area contributed by atoms with Crippen LogP contribution in [-0.4, -0.2) is 77.4 Å². The Morgan fingerprint density at radius 3 is 2.11 bits per heavy atom. The monoisotopic (exact) mass is 656 g/mol. The number of anilines is 1. The minimum atomic E-state index is -1.07. The van der Waals surface area contributed by atoms with Gasteiger partial charge in [0.15, 0.2) is 0 Å². The van der Waals surface area contributed by atoms with Crippen molar-refractivity contribution in [1.82, 2.24) is 20.9 Å². The van der Waals surface area contributed by atoms with E-state index in [0.717, 1.165) is 17.1 Å². The van der Waals surface area contributed by atoms with E-state index in [9.17, 15) is 38.4 Å². The highest BCUT2D eigenvalue weighted by Crippen LogP contribution is 2.18. The number of esters is 1. The number of nitrogens with one attached hydrogen (secondary N) is 4. The van der Waals surface area contributed by atoms with Crippen molar-refractivity contribution in [2.45, 2.75) is 78.5 Å². The number of nitrogens with two attached hydrogens (primary N) is 1. The number of rotatable bonds is 19. The molecule has 0 saturated heterocycles. The van der Waals surface area contributed by atoms with Crippen LogP contribution in [-0.2, 0) is 44.9 Å². The lowest BCUT2D eigenvalue weighted by atomic mass is 9.90. The molecule has 15 nitrogen and oxygen atoms in total. The largest absolute Gasteiger partial charge is 0.461 e. The van der Waals surface area contributed by atoms with Crippen molar-refractivity contribution in [3.63, 3.8) is 0 Å². The van der Waals surface area contributed by atoms with Crippen LogP contribution in [0.3, 0.4) is 0 Å². The zero-order valence-electron chi connectivity index (χ0n) is 27.1. The zero-order chi connectivity index (χ0) is 35.1. The number of hydrogen-bond donors (Lipinski definition) is 5. The third-order valence-corrected chi connectivity index (χ3v) is 7.13. The van der Waals surface area contributed by atoms with E-state index in [1.54, 1.807) is 24.3 Å². The third kappa shape index (κ3) is 13.8. The van der Waals surface area contributed by atoms with Crippen LogP contribution in [0, 0.1) is 11.8 Å². The normalized spacial score (nSPS) is 14.3. The number of urea groups is 1. The molecule has 1 aromatic rings. The number of hydrogen-bond acceptors (Lipinski definition) is 9. The molecule has 0 radical (unpaired) electrons. The Hall–Kier alpha value is -5.08. The lowest BCUT2D eigenvalue weighted by Gasteiger charge is -2.24. The van der Waals surface area contributed by atoms with Crippen LogP contribution in [0.1, 0.15) is 65.4 Å². The van der Waals surface area contributed by atoms with Gasteiger partial charge in [0, 0.05) is 56.6 Å². The average molecular weight is 657 g/mol. The number of carbonyl (C=O) groups excluding carboxylic acids is 8. The fraction of sp³-hybridized carbons (Fsp3) is 0.500. The van der Waals surface area contributed by atoms with Gasteiger partial charge in [0.1, 0.15) is 24.5 Å². The molecule has 0 saturated carbocycles. The van der Waals surface area contributed by atoms with Crippen molar-refractivity contribution in [3.05, 3.63) is 42.0 Å². The van der Waals surface area contributed by atoms with Gasteiger partial charge in [0.2, 0.25) is 17.7 Å². The van der Waals surface area contributed by atoms with Crippen LogP contribution >= 0.6 is 0 Å². The van der Waals surface area contributed by atoms with Gasteiger partial charge in [0.25, 0.3) is 11.8 Å². The molecule has 15 heteroatoms. The number of Topliss-reactive ketones (excluding diaryl/α,β-unsaturated/α-hetero) is 1. The predicted octanol–water partition coefficient (Wildman–Crippen LogP) is 1.06. The van der Waals surface area contributed by atoms with Crippen molar-refractivity contribution < 1.29 is 43.1 Å². The van der Waals surface area contributed by atoms with E-state index >= 15 is 0 Å². The van der Waals surface area contributed by atoms with Crippen molar-refractivity contribution in [2.24, 2.45) is 17.6 Å². The van der Waals surface area contributed by atoms with Crippen LogP contribution in [0.15, 0.2) is 36.4 Å². The first-order valence-electron chi connectivity index (χ1n) is 15.4. The fourth-order valence-corrected chi connectivity index (χ4v) is 4.70. The Morgan fingerprint density at radius 2 is 1.53 bits per heavy atom. The zero-order valence-corrected chi connectivity index (χ0v) is 27.1. The van der Waals surface area contributed by atoms with Gasteiger partial charge in [-0.2, -0.15) is 0 Å². The molecule has 1 heterocycles. The Kier molecular flexibility index (Phi) is 15.2. The molecule has 1 aliphatic rings. The number of ketones is 1. The van der Waals surface area contributed by atoms with E-state index in [1.807, 2.05) is 13.8 Å². The van der Waals surface area contributed by atoms with Gasteiger partial charge in [-0.25, -0.2) is 4.79 Å². The maximum Gasteiger partial charge on any atom is 0.312 e. The van der Waals surface area contributed by atoms with Gasteiger partial charge < -0.3 is 31.7 Å². The van der Waals surface area contributed by atoms with Crippen LogP contribution < -0.4 is 27.0 Å². The molecule has 0 fully saturated rings. The van der Waals surface area contributed by atoms with Crippen molar-refractivity contribution in [3.8, 4) is 0 Å². The Morgan fingerprint density at radius 1 is 0.894 bits per heavy atom. The van der Waals surface area contributed by atoms with Crippen molar-refractivity contribution in [1.29, 1.82) is 0 Å². The summed E-state index contributed by atoms with van der Waals surface area (Å²) in [6.07, 6.45) is 2.80. The minimum Gasteiger partial charge on any atom is -0.461 e. The average Bonchev–Trinajstić information content (AvgIpc) is 3.32. The molecule has 6 N–H and O–H groups in total. The summed E-state index contributed by atoms with van der Waals surface area (Å²) in [7, 11) is 0. The molecule has 3 atom stereocenters. The lowest BCUT2D eigenvalue weighted by molar-refractivity contribution is -0.142. The summed E-state index contributed by atoms with van der Waals surface area (Å²) in [5.74, 6) is -4.15. The molecule has 0 spiro atoms. The maximum atomic E-state index is 13.2.